The first-order valence-corrected chi connectivity index (χ1v) is 4.08. The molecule has 0 bridgehead atoms. The number of nitrogens with zero attached hydrogens (tertiary/aromatic N) is 2. The predicted molar refractivity (Wildman–Crippen MR) is 41.2 cm³/mol. The summed E-state index contributed by atoms with van der Waals surface area (Å²) in [6.07, 6.45) is 4.21. The zero-order chi connectivity index (χ0) is 7.14. The fourth-order valence-electron chi connectivity index (χ4n) is 1.07. The van der Waals surface area contributed by atoms with E-state index in [1.165, 1.54) is 10.7 Å². The van der Waals surface area contributed by atoms with E-state index in [0.29, 0.717) is 0 Å². The number of hydrogen-bond acceptors (Lipinski definition) is 1. The van der Waals surface area contributed by atoms with Crippen molar-refractivity contribution in [3.05, 3.63) is 23.5 Å². The molecule has 60 valence electrons. The molecule has 0 aliphatic carbocycles. The molecule has 2 nitrogen and oxygen atoms in total. The maximum atomic E-state index is 2.19. The summed E-state index contributed by atoms with van der Waals surface area (Å²) in [4.78, 5) is 1.29. The van der Waals surface area contributed by atoms with Gasteiger partial charge >= 0.3 is 4.96 Å². The van der Waals surface area contributed by atoms with Gasteiger partial charge in [0, 0.05) is 12.3 Å². The van der Waals surface area contributed by atoms with Crippen LogP contribution in [0.3, 0.4) is 0 Å². The van der Waals surface area contributed by atoms with Gasteiger partial charge in [0.25, 0.3) is 0 Å². The zero-order valence-electron chi connectivity index (χ0n) is 6.41. The third kappa shape index (κ3) is 1.29. The van der Waals surface area contributed by atoms with Crippen molar-refractivity contribution in [2.24, 2.45) is 7.05 Å². The standard InChI is InChI=1S/C7H9N2S.HI/c1-6-5-9-3-4-10-7(9)8(6)2;/h3-5H,1-2H3;1H/q+1;/p-1. The second kappa shape index (κ2) is 3.10. The van der Waals surface area contributed by atoms with Gasteiger partial charge in [-0.25, -0.2) is 4.57 Å². The van der Waals surface area contributed by atoms with Crippen LogP contribution in [0.1, 0.15) is 5.69 Å². The van der Waals surface area contributed by atoms with Crippen LogP contribution in [0.15, 0.2) is 17.8 Å². The Morgan fingerprint density at radius 3 is 2.91 bits per heavy atom. The second-order valence-electron chi connectivity index (χ2n) is 2.42. The Labute approximate surface area is 86.5 Å². The molecule has 11 heavy (non-hydrogen) atoms. The van der Waals surface area contributed by atoms with Crippen LogP contribution in [0.5, 0.6) is 0 Å². The lowest BCUT2D eigenvalue weighted by Gasteiger charge is -1.81. The van der Waals surface area contributed by atoms with E-state index in [1.54, 1.807) is 11.3 Å². The molecular formula is C7H9IN2S. The van der Waals surface area contributed by atoms with Crippen molar-refractivity contribution in [3.8, 4) is 0 Å². The summed E-state index contributed by atoms with van der Waals surface area (Å²) in [5.41, 5.74) is 1.30. The monoisotopic (exact) mass is 280 g/mol. The fraction of sp³-hybridized carbons (Fsp3) is 0.286. The molecule has 0 saturated carbocycles. The van der Waals surface area contributed by atoms with Crippen LogP contribution in [0.25, 0.3) is 4.96 Å². The first-order valence-electron chi connectivity index (χ1n) is 3.20. The average Bonchev–Trinajstić information content (AvgIpc) is 2.41. The number of thiazole rings is 1. The van der Waals surface area contributed by atoms with Gasteiger partial charge in [0.1, 0.15) is 18.1 Å². The number of hydrogen-bond donors (Lipinski definition) is 0. The van der Waals surface area contributed by atoms with Gasteiger partial charge in [0.2, 0.25) is 0 Å². The molecule has 2 heterocycles. The molecule has 0 spiro atoms. The summed E-state index contributed by atoms with van der Waals surface area (Å²) in [5.74, 6) is 0. The van der Waals surface area contributed by atoms with Gasteiger partial charge in [-0.05, 0) is 0 Å². The number of aryl methyl sites for hydroxylation is 2. The normalized spacial score (nSPS) is 10.0. The molecule has 0 N–H and O–H groups in total. The van der Waals surface area contributed by atoms with E-state index in [-0.39, 0.29) is 24.0 Å². The molecule has 0 fully saturated rings. The third-order valence-electron chi connectivity index (χ3n) is 1.76. The highest BCUT2D eigenvalue weighted by Crippen LogP contribution is 2.06. The Hall–Kier alpha value is -0.100. The van der Waals surface area contributed by atoms with Gasteiger partial charge in [-0.15, -0.1) is 0 Å². The van der Waals surface area contributed by atoms with Crippen molar-refractivity contribution in [2.45, 2.75) is 6.92 Å². The molecule has 0 saturated heterocycles. The van der Waals surface area contributed by atoms with Gasteiger partial charge in [-0.2, -0.15) is 4.40 Å². The topological polar surface area (TPSA) is 9.03 Å². The van der Waals surface area contributed by atoms with Crippen molar-refractivity contribution < 1.29 is 28.4 Å². The van der Waals surface area contributed by atoms with Crippen molar-refractivity contribution in [3.63, 3.8) is 0 Å². The summed E-state index contributed by atoms with van der Waals surface area (Å²) in [6, 6.07) is 0. The third-order valence-corrected chi connectivity index (χ3v) is 2.71. The lowest BCUT2D eigenvalue weighted by Crippen LogP contribution is -3.00. The fourth-order valence-corrected chi connectivity index (χ4v) is 1.92. The molecule has 2 aromatic rings. The van der Waals surface area contributed by atoms with Gasteiger partial charge in [0.15, 0.2) is 0 Å². The van der Waals surface area contributed by atoms with Gasteiger partial charge < -0.3 is 24.0 Å². The van der Waals surface area contributed by atoms with Crippen LogP contribution in [0.4, 0.5) is 0 Å². The van der Waals surface area contributed by atoms with Crippen molar-refractivity contribution in [1.82, 2.24) is 4.57 Å². The highest BCUT2D eigenvalue weighted by molar-refractivity contribution is 7.14. The SMILES string of the molecule is Cc1c[n+]2ccsc2n1C.[I-]. The van der Waals surface area contributed by atoms with Gasteiger partial charge in [0.05, 0.1) is 7.05 Å². The van der Waals surface area contributed by atoms with Crippen molar-refractivity contribution in [1.29, 1.82) is 0 Å². The Morgan fingerprint density at radius 2 is 2.27 bits per heavy atom. The minimum atomic E-state index is 0. The van der Waals surface area contributed by atoms with Crippen LogP contribution in [0.2, 0.25) is 0 Å². The summed E-state index contributed by atoms with van der Waals surface area (Å²) < 4.78 is 4.32. The van der Waals surface area contributed by atoms with E-state index in [2.05, 4.69) is 40.7 Å². The summed E-state index contributed by atoms with van der Waals surface area (Å²) >= 11 is 1.76. The molecule has 0 unspecified atom stereocenters. The first-order chi connectivity index (χ1) is 4.79. The van der Waals surface area contributed by atoms with Crippen molar-refractivity contribution >= 4 is 16.3 Å². The van der Waals surface area contributed by atoms with Crippen LogP contribution in [0, 0.1) is 6.92 Å². The number of fused-ring (bicyclic) bond motifs is 1. The molecule has 4 heteroatoms. The van der Waals surface area contributed by atoms with Crippen LogP contribution >= 0.6 is 11.3 Å². The quantitative estimate of drug-likeness (QED) is 0.395. The Morgan fingerprint density at radius 1 is 1.55 bits per heavy atom. The van der Waals surface area contributed by atoms with Crippen LogP contribution in [-0.4, -0.2) is 4.57 Å². The summed E-state index contributed by atoms with van der Waals surface area (Å²) in [5, 5.41) is 2.09. The van der Waals surface area contributed by atoms with Crippen LogP contribution < -0.4 is 28.4 Å². The predicted octanol–water partition coefficient (Wildman–Crippen LogP) is -1.86. The minimum Gasteiger partial charge on any atom is -1.00 e. The van der Waals surface area contributed by atoms with E-state index >= 15 is 0 Å². The van der Waals surface area contributed by atoms with Gasteiger partial charge in [-0.3, -0.25) is 0 Å². The van der Waals surface area contributed by atoms with E-state index < -0.39 is 0 Å². The first kappa shape index (κ1) is 8.99. The minimum absolute atomic E-state index is 0. The summed E-state index contributed by atoms with van der Waals surface area (Å²) in [6.45, 7) is 2.11. The Balaban J connectivity index is 0.000000605. The van der Waals surface area contributed by atoms with Crippen LogP contribution in [-0.2, 0) is 7.05 Å². The largest absolute Gasteiger partial charge is 1.00 e. The van der Waals surface area contributed by atoms with E-state index in [0.717, 1.165) is 0 Å². The smallest absolute Gasteiger partial charge is 0.345 e. The average molecular weight is 280 g/mol. The number of imidazole rings is 1. The lowest BCUT2D eigenvalue weighted by atomic mass is 10.5. The summed E-state index contributed by atoms with van der Waals surface area (Å²) in [7, 11) is 2.08. The number of halogens is 1. The number of rotatable bonds is 0. The van der Waals surface area contributed by atoms with E-state index in [4.69, 9.17) is 0 Å². The van der Waals surface area contributed by atoms with E-state index in [1.807, 2.05) is 0 Å². The maximum absolute atomic E-state index is 2.19. The molecule has 0 aliphatic rings. The molecule has 0 aliphatic heterocycles. The highest BCUT2D eigenvalue weighted by atomic mass is 127. The Bertz CT molecular complexity index is 363. The molecule has 2 rings (SSSR count). The zero-order valence-corrected chi connectivity index (χ0v) is 9.39. The molecule has 0 radical (unpaired) electrons. The molecule has 0 amide bonds. The molecule has 2 aromatic heterocycles. The highest BCUT2D eigenvalue weighted by Gasteiger charge is 2.09. The van der Waals surface area contributed by atoms with E-state index in [9.17, 15) is 0 Å². The number of aromatic nitrogens is 2. The van der Waals surface area contributed by atoms with Crippen molar-refractivity contribution in [2.75, 3.05) is 0 Å². The Kier molecular flexibility index (Phi) is 2.54. The second-order valence-corrected chi connectivity index (χ2v) is 3.30. The lowest BCUT2D eigenvalue weighted by molar-refractivity contribution is -0.506. The maximum Gasteiger partial charge on any atom is 0.345 e. The van der Waals surface area contributed by atoms with Gasteiger partial charge in [-0.1, -0.05) is 11.3 Å². The molecule has 0 aromatic carbocycles. The molecular weight excluding hydrogens is 271 g/mol. The molecule has 0 atom stereocenters.